The van der Waals surface area contributed by atoms with E-state index in [1.54, 1.807) is 36.7 Å². The number of nitrogens with one attached hydrogen (secondary N) is 1. The minimum Gasteiger partial charge on any atom is -0.353 e. The molecule has 1 N–H and O–H groups in total. The van der Waals surface area contributed by atoms with E-state index >= 15 is 0 Å². The largest absolute Gasteiger partial charge is 0.353 e. The fraction of sp³-hybridized carbons (Fsp3) is 0.190. The first-order valence-corrected chi connectivity index (χ1v) is 9.28. The molecule has 0 bridgehead atoms. The molecule has 0 spiro atoms. The van der Waals surface area contributed by atoms with Gasteiger partial charge in [-0.05, 0) is 24.3 Å². The molecule has 0 radical (unpaired) electrons. The number of aromatic nitrogens is 3. The highest BCUT2D eigenvalue weighted by atomic mass is 16.1. The Morgan fingerprint density at radius 3 is 2.28 bits per heavy atom. The number of hydrogen-bond donors (Lipinski definition) is 1. The zero-order chi connectivity index (χ0) is 20.1. The molecule has 3 aromatic rings. The van der Waals surface area contributed by atoms with Crippen LogP contribution >= 0.6 is 0 Å². The Labute approximate surface area is 168 Å². The fourth-order valence-corrected chi connectivity index (χ4v) is 3.18. The summed E-state index contributed by atoms with van der Waals surface area (Å²) in [6.45, 7) is 3.27. The van der Waals surface area contributed by atoms with Gasteiger partial charge < -0.3 is 15.1 Å². The third kappa shape index (κ3) is 4.14. The maximum atomic E-state index is 12.4. The number of carbonyl (C=O) groups is 1. The van der Waals surface area contributed by atoms with Crippen LogP contribution in [0.5, 0.6) is 0 Å². The van der Waals surface area contributed by atoms with Crippen LogP contribution in [0, 0.1) is 11.3 Å². The first kappa shape index (κ1) is 18.4. The lowest BCUT2D eigenvalue weighted by Crippen LogP contribution is -2.47. The Balaban J connectivity index is 1.38. The van der Waals surface area contributed by atoms with Crippen molar-refractivity contribution in [3.05, 3.63) is 72.3 Å². The molecule has 8 heteroatoms. The van der Waals surface area contributed by atoms with Crippen molar-refractivity contribution in [2.24, 2.45) is 0 Å². The molecule has 0 saturated carbocycles. The summed E-state index contributed by atoms with van der Waals surface area (Å²) in [5, 5.41) is 11.8. The molecular weight excluding hydrogens is 366 g/mol. The maximum Gasteiger partial charge on any atom is 0.275 e. The van der Waals surface area contributed by atoms with Gasteiger partial charge in [-0.1, -0.05) is 18.2 Å². The lowest BCUT2D eigenvalue weighted by atomic mass is 10.2. The molecule has 1 aromatic carbocycles. The molecule has 29 heavy (non-hydrogen) atoms. The van der Waals surface area contributed by atoms with Crippen molar-refractivity contribution in [2.75, 3.05) is 41.3 Å². The van der Waals surface area contributed by atoms with Crippen LogP contribution in [0.2, 0.25) is 0 Å². The second kappa shape index (κ2) is 8.35. The number of carbonyl (C=O) groups excluding carboxylic acids is 1. The molecule has 4 rings (SSSR count). The van der Waals surface area contributed by atoms with Gasteiger partial charge in [0.25, 0.3) is 5.91 Å². The van der Waals surface area contributed by atoms with Crippen molar-refractivity contribution in [1.82, 2.24) is 15.0 Å². The van der Waals surface area contributed by atoms with E-state index in [-0.39, 0.29) is 5.69 Å². The van der Waals surface area contributed by atoms with Crippen molar-refractivity contribution < 1.29 is 4.79 Å². The Morgan fingerprint density at radius 2 is 1.62 bits per heavy atom. The van der Waals surface area contributed by atoms with Crippen molar-refractivity contribution >= 4 is 23.2 Å². The molecular formula is C21H19N7O. The number of para-hydroxylation sites is 1. The SMILES string of the molecule is N#Cc1ccccc1NC(=O)c1cnc(N2CCN(c3ccccn3)CC2)cn1. The highest BCUT2D eigenvalue weighted by Crippen LogP contribution is 2.18. The summed E-state index contributed by atoms with van der Waals surface area (Å²) in [5.74, 6) is 1.31. The van der Waals surface area contributed by atoms with E-state index in [1.165, 1.54) is 6.20 Å². The van der Waals surface area contributed by atoms with E-state index in [4.69, 9.17) is 5.26 Å². The van der Waals surface area contributed by atoms with Crippen LogP contribution in [0.4, 0.5) is 17.3 Å². The van der Waals surface area contributed by atoms with Crippen molar-refractivity contribution in [3.63, 3.8) is 0 Å². The molecule has 0 aliphatic carbocycles. The smallest absolute Gasteiger partial charge is 0.275 e. The summed E-state index contributed by atoms with van der Waals surface area (Å²) >= 11 is 0. The molecule has 2 aromatic heterocycles. The number of hydrogen-bond acceptors (Lipinski definition) is 7. The van der Waals surface area contributed by atoms with Crippen LogP contribution in [0.25, 0.3) is 0 Å². The van der Waals surface area contributed by atoms with Crippen molar-refractivity contribution in [2.45, 2.75) is 0 Å². The number of rotatable bonds is 4. The molecule has 144 valence electrons. The van der Waals surface area contributed by atoms with Gasteiger partial charge in [0.05, 0.1) is 23.6 Å². The molecule has 1 fully saturated rings. The number of nitriles is 1. The summed E-state index contributed by atoms with van der Waals surface area (Å²) in [6, 6.07) is 14.8. The summed E-state index contributed by atoms with van der Waals surface area (Å²) in [6.07, 6.45) is 4.87. The van der Waals surface area contributed by atoms with E-state index < -0.39 is 5.91 Å². The normalized spacial score (nSPS) is 13.6. The molecule has 1 saturated heterocycles. The third-order valence-electron chi connectivity index (χ3n) is 4.74. The topological polar surface area (TPSA) is 98.0 Å². The highest BCUT2D eigenvalue weighted by Gasteiger charge is 2.20. The second-order valence-electron chi connectivity index (χ2n) is 6.53. The van der Waals surface area contributed by atoms with Crippen LogP contribution in [0.15, 0.2) is 61.1 Å². The Bertz CT molecular complexity index is 1020. The summed E-state index contributed by atoms with van der Waals surface area (Å²) in [4.78, 5) is 29.9. The van der Waals surface area contributed by atoms with Gasteiger partial charge in [0.2, 0.25) is 0 Å². The average molecular weight is 385 g/mol. The van der Waals surface area contributed by atoms with Crippen molar-refractivity contribution in [1.29, 1.82) is 5.26 Å². The van der Waals surface area contributed by atoms with Gasteiger partial charge in [0.1, 0.15) is 23.4 Å². The summed E-state index contributed by atoms with van der Waals surface area (Å²) in [7, 11) is 0. The van der Waals surface area contributed by atoms with Crippen LogP contribution in [0.1, 0.15) is 16.1 Å². The quantitative estimate of drug-likeness (QED) is 0.736. The molecule has 0 atom stereocenters. The molecule has 3 heterocycles. The third-order valence-corrected chi connectivity index (χ3v) is 4.74. The lowest BCUT2D eigenvalue weighted by molar-refractivity contribution is 0.102. The predicted octanol–water partition coefficient (Wildman–Crippen LogP) is 2.32. The monoisotopic (exact) mass is 385 g/mol. The standard InChI is InChI=1S/C21H19N7O/c22-13-16-5-1-2-6-17(16)26-21(29)18-14-25-20(15-24-18)28-11-9-27(10-12-28)19-7-3-4-8-23-19/h1-8,14-15H,9-12H2,(H,26,29). The fourth-order valence-electron chi connectivity index (χ4n) is 3.18. The number of anilines is 3. The highest BCUT2D eigenvalue weighted by molar-refractivity contribution is 6.03. The minimum absolute atomic E-state index is 0.202. The van der Waals surface area contributed by atoms with Gasteiger partial charge in [-0.3, -0.25) is 4.79 Å². The zero-order valence-electron chi connectivity index (χ0n) is 15.7. The van der Waals surface area contributed by atoms with Gasteiger partial charge in [-0.25, -0.2) is 15.0 Å². The predicted molar refractivity (Wildman–Crippen MR) is 110 cm³/mol. The number of nitrogens with zero attached hydrogens (tertiary/aromatic N) is 6. The van der Waals surface area contributed by atoms with Gasteiger partial charge in [0.15, 0.2) is 0 Å². The van der Waals surface area contributed by atoms with Gasteiger partial charge >= 0.3 is 0 Å². The zero-order valence-corrected chi connectivity index (χ0v) is 15.7. The summed E-state index contributed by atoms with van der Waals surface area (Å²) < 4.78 is 0. The molecule has 1 aliphatic rings. The first-order chi connectivity index (χ1) is 14.2. The molecule has 1 aliphatic heterocycles. The molecule has 8 nitrogen and oxygen atoms in total. The van der Waals surface area contributed by atoms with Crippen LogP contribution in [-0.4, -0.2) is 47.0 Å². The van der Waals surface area contributed by atoms with Gasteiger partial charge in [0, 0.05) is 32.4 Å². The number of pyridine rings is 1. The molecule has 1 amide bonds. The van der Waals surface area contributed by atoms with Crippen LogP contribution in [0.3, 0.4) is 0 Å². The van der Waals surface area contributed by atoms with Gasteiger partial charge in [-0.15, -0.1) is 0 Å². The second-order valence-corrected chi connectivity index (χ2v) is 6.53. The van der Waals surface area contributed by atoms with E-state index in [9.17, 15) is 4.79 Å². The van der Waals surface area contributed by atoms with E-state index in [1.807, 2.05) is 18.2 Å². The van der Waals surface area contributed by atoms with Crippen molar-refractivity contribution in [3.8, 4) is 6.07 Å². The summed E-state index contributed by atoms with van der Waals surface area (Å²) in [5.41, 5.74) is 1.06. The number of piperazine rings is 1. The minimum atomic E-state index is -0.397. The van der Waals surface area contributed by atoms with Gasteiger partial charge in [-0.2, -0.15) is 5.26 Å². The number of amides is 1. The molecule has 0 unspecified atom stereocenters. The Hall–Kier alpha value is -3.99. The lowest BCUT2D eigenvalue weighted by Gasteiger charge is -2.35. The van der Waals surface area contributed by atoms with Crippen LogP contribution in [-0.2, 0) is 0 Å². The van der Waals surface area contributed by atoms with E-state index in [0.717, 1.165) is 37.8 Å². The average Bonchev–Trinajstić information content (AvgIpc) is 2.80. The first-order valence-electron chi connectivity index (χ1n) is 9.28. The van der Waals surface area contributed by atoms with Crippen LogP contribution < -0.4 is 15.1 Å². The Kier molecular flexibility index (Phi) is 5.29. The number of benzene rings is 1. The maximum absolute atomic E-state index is 12.4. The van der Waals surface area contributed by atoms with E-state index in [2.05, 4.69) is 36.1 Å². The van der Waals surface area contributed by atoms with E-state index in [0.29, 0.717) is 11.3 Å². The Morgan fingerprint density at radius 1 is 0.897 bits per heavy atom.